The standard InChI is InChI=1S/C15H13ClO5/c1-19-10-6-11(20-2)8-12(7-10)21-14-4-3-9(16)5-13(14)15(17)18/h3-8H,1-2H3,(H,17,18). The molecule has 2 aromatic rings. The molecular weight excluding hydrogens is 296 g/mol. The van der Waals surface area contributed by atoms with Crippen LogP contribution in [0.4, 0.5) is 0 Å². The summed E-state index contributed by atoms with van der Waals surface area (Å²) in [6.07, 6.45) is 0. The van der Waals surface area contributed by atoms with Crippen LogP contribution in [0.2, 0.25) is 5.02 Å². The van der Waals surface area contributed by atoms with Crippen molar-refractivity contribution in [2.45, 2.75) is 0 Å². The Morgan fingerprint density at radius 2 is 1.57 bits per heavy atom. The van der Waals surface area contributed by atoms with E-state index in [1.807, 2.05) is 0 Å². The number of benzene rings is 2. The van der Waals surface area contributed by atoms with Gasteiger partial charge in [0.1, 0.15) is 28.6 Å². The summed E-state index contributed by atoms with van der Waals surface area (Å²) in [4.78, 5) is 11.2. The minimum atomic E-state index is -1.12. The van der Waals surface area contributed by atoms with Crippen LogP contribution in [0.3, 0.4) is 0 Å². The molecule has 0 radical (unpaired) electrons. The van der Waals surface area contributed by atoms with E-state index in [0.29, 0.717) is 22.3 Å². The number of hydrogen-bond acceptors (Lipinski definition) is 4. The fraction of sp³-hybridized carbons (Fsp3) is 0.133. The van der Waals surface area contributed by atoms with E-state index in [9.17, 15) is 9.90 Å². The van der Waals surface area contributed by atoms with Gasteiger partial charge in [0.15, 0.2) is 0 Å². The van der Waals surface area contributed by atoms with E-state index in [1.54, 1.807) is 24.3 Å². The molecule has 0 amide bonds. The monoisotopic (exact) mass is 308 g/mol. The van der Waals surface area contributed by atoms with Gasteiger partial charge in [-0.3, -0.25) is 0 Å². The van der Waals surface area contributed by atoms with E-state index in [0.717, 1.165) is 0 Å². The number of methoxy groups -OCH3 is 2. The minimum Gasteiger partial charge on any atom is -0.496 e. The third-order valence-corrected chi connectivity index (χ3v) is 2.96. The van der Waals surface area contributed by atoms with Gasteiger partial charge in [0, 0.05) is 23.2 Å². The van der Waals surface area contributed by atoms with Gasteiger partial charge in [-0.05, 0) is 18.2 Å². The zero-order valence-electron chi connectivity index (χ0n) is 11.4. The van der Waals surface area contributed by atoms with Crippen molar-refractivity contribution < 1.29 is 24.1 Å². The molecular formula is C15H13ClO5. The van der Waals surface area contributed by atoms with E-state index in [1.165, 1.54) is 26.4 Å². The van der Waals surface area contributed by atoms with E-state index < -0.39 is 5.97 Å². The molecule has 0 fully saturated rings. The molecule has 21 heavy (non-hydrogen) atoms. The van der Waals surface area contributed by atoms with Gasteiger partial charge in [0.25, 0.3) is 0 Å². The lowest BCUT2D eigenvalue weighted by Crippen LogP contribution is -2.00. The van der Waals surface area contributed by atoms with Crippen molar-refractivity contribution in [1.29, 1.82) is 0 Å². The highest BCUT2D eigenvalue weighted by atomic mass is 35.5. The summed E-state index contributed by atoms with van der Waals surface area (Å²) < 4.78 is 15.9. The third-order valence-electron chi connectivity index (χ3n) is 2.72. The van der Waals surface area contributed by atoms with Crippen molar-refractivity contribution in [2.75, 3.05) is 14.2 Å². The minimum absolute atomic E-state index is 0.0238. The molecule has 1 N–H and O–H groups in total. The van der Waals surface area contributed by atoms with Gasteiger partial charge >= 0.3 is 5.97 Å². The Hall–Kier alpha value is -2.40. The van der Waals surface area contributed by atoms with Crippen molar-refractivity contribution in [2.24, 2.45) is 0 Å². The van der Waals surface area contributed by atoms with Crippen LogP contribution >= 0.6 is 11.6 Å². The lowest BCUT2D eigenvalue weighted by Gasteiger charge is -2.11. The average Bonchev–Trinajstić information content (AvgIpc) is 2.48. The number of carboxylic acids is 1. The molecule has 0 atom stereocenters. The van der Waals surface area contributed by atoms with Gasteiger partial charge < -0.3 is 19.3 Å². The largest absolute Gasteiger partial charge is 0.496 e. The topological polar surface area (TPSA) is 65.0 Å². The summed E-state index contributed by atoms with van der Waals surface area (Å²) in [5.74, 6) is 0.533. The summed E-state index contributed by atoms with van der Waals surface area (Å²) in [7, 11) is 3.03. The van der Waals surface area contributed by atoms with Crippen molar-refractivity contribution in [1.82, 2.24) is 0 Å². The van der Waals surface area contributed by atoms with E-state index >= 15 is 0 Å². The lowest BCUT2D eigenvalue weighted by molar-refractivity contribution is 0.0694. The highest BCUT2D eigenvalue weighted by Gasteiger charge is 2.14. The zero-order valence-corrected chi connectivity index (χ0v) is 12.2. The van der Waals surface area contributed by atoms with Crippen molar-refractivity contribution in [3.05, 3.63) is 47.0 Å². The second kappa shape index (κ2) is 6.37. The third kappa shape index (κ3) is 3.58. The first-order valence-electron chi connectivity index (χ1n) is 5.97. The molecule has 0 aromatic heterocycles. The first kappa shape index (κ1) is 15.0. The van der Waals surface area contributed by atoms with Gasteiger partial charge in [-0.25, -0.2) is 4.79 Å². The maximum Gasteiger partial charge on any atom is 0.339 e. The van der Waals surface area contributed by atoms with Crippen LogP contribution in [0.25, 0.3) is 0 Å². The molecule has 0 saturated carbocycles. The molecule has 2 aromatic carbocycles. The first-order chi connectivity index (χ1) is 10.0. The van der Waals surface area contributed by atoms with Crippen molar-refractivity contribution >= 4 is 17.6 Å². The average molecular weight is 309 g/mol. The van der Waals surface area contributed by atoms with Crippen LogP contribution < -0.4 is 14.2 Å². The second-order valence-corrected chi connectivity index (χ2v) is 4.53. The molecule has 0 aliphatic rings. The highest BCUT2D eigenvalue weighted by Crippen LogP contribution is 2.33. The molecule has 0 aliphatic carbocycles. The van der Waals surface area contributed by atoms with Gasteiger partial charge in [0.05, 0.1) is 14.2 Å². The number of ether oxygens (including phenoxy) is 3. The lowest BCUT2D eigenvalue weighted by atomic mass is 10.2. The predicted octanol–water partition coefficient (Wildman–Crippen LogP) is 3.85. The number of aromatic carboxylic acids is 1. The Morgan fingerprint density at radius 1 is 1.00 bits per heavy atom. The maximum atomic E-state index is 11.2. The Balaban J connectivity index is 2.40. The van der Waals surface area contributed by atoms with Gasteiger partial charge in [0.2, 0.25) is 0 Å². The van der Waals surface area contributed by atoms with Crippen molar-refractivity contribution in [3.8, 4) is 23.0 Å². The number of halogens is 1. The summed E-state index contributed by atoms with van der Waals surface area (Å²) in [6.45, 7) is 0. The molecule has 110 valence electrons. The fourth-order valence-electron chi connectivity index (χ4n) is 1.73. The van der Waals surface area contributed by atoms with Crippen LogP contribution in [-0.4, -0.2) is 25.3 Å². The first-order valence-corrected chi connectivity index (χ1v) is 6.35. The van der Waals surface area contributed by atoms with Crippen LogP contribution in [0.5, 0.6) is 23.0 Å². The number of hydrogen-bond donors (Lipinski definition) is 1. The number of carbonyl (C=O) groups is 1. The van der Waals surface area contributed by atoms with Crippen LogP contribution in [0, 0.1) is 0 Å². The number of carboxylic acid groups (broad SMARTS) is 1. The molecule has 0 heterocycles. The Kier molecular flexibility index (Phi) is 4.55. The SMILES string of the molecule is COc1cc(OC)cc(Oc2ccc(Cl)cc2C(=O)O)c1. The molecule has 0 aliphatic heterocycles. The van der Waals surface area contributed by atoms with E-state index in [2.05, 4.69) is 0 Å². The normalized spacial score (nSPS) is 10.0. The van der Waals surface area contributed by atoms with Gasteiger partial charge in [-0.1, -0.05) is 11.6 Å². The van der Waals surface area contributed by atoms with Crippen LogP contribution in [-0.2, 0) is 0 Å². The summed E-state index contributed by atoms with van der Waals surface area (Å²) in [5.41, 5.74) is -0.0238. The van der Waals surface area contributed by atoms with E-state index in [-0.39, 0.29) is 11.3 Å². The summed E-state index contributed by atoms with van der Waals surface area (Å²) in [5, 5.41) is 9.50. The van der Waals surface area contributed by atoms with Crippen LogP contribution in [0.15, 0.2) is 36.4 Å². The Morgan fingerprint density at radius 3 is 2.10 bits per heavy atom. The van der Waals surface area contributed by atoms with Gasteiger partial charge in [-0.15, -0.1) is 0 Å². The summed E-state index contributed by atoms with van der Waals surface area (Å²) in [6, 6.07) is 9.33. The molecule has 5 nitrogen and oxygen atoms in total. The molecule has 0 saturated heterocycles. The molecule has 6 heteroatoms. The summed E-state index contributed by atoms with van der Waals surface area (Å²) >= 11 is 5.80. The second-order valence-electron chi connectivity index (χ2n) is 4.10. The maximum absolute atomic E-state index is 11.2. The van der Waals surface area contributed by atoms with E-state index in [4.69, 9.17) is 25.8 Å². The molecule has 0 bridgehead atoms. The quantitative estimate of drug-likeness (QED) is 0.909. The van der Waals surface area contributed by atoms with Gasteiger partial charge in [-0.2, -0.15) is 0 Å². The fourth-order valence-corrected chi connectivity index (χ4v) is 1.90. The van der Waals surface area contributed by atoms with Crippen molar-refractivity contribution in [3.63, 3.8) is 0 Å². The number of rotatable bonds is 5. The molecule has 2 rings (SSSR count). The Bertz CT molecular complexity index is 647. The zero-order chi connectivity index (χ0) is 15.4. The highest BCUT2D eigenvalue weighted by molar-refractivity contribution is 6.31. The van der Waals surface area contributed by atoms with Crippen LogP contribution in [0.1, 0.15) is 10.4 Å². The Labute approximate surface area is 126 Å². The molecule has 0 spiro atoms. The smallest absolute Gasteiger partial charge is 0.339 e. The molecule has 0 unspecified atom stereocenters. The predicted molar refractivity (Wildman–Crippen MR) is 78.0 cm³/mol.